The molecule has 1 aromatic heterocycles. The van der Waals surface area contributed by atoms with E-state index >= 15 is 0 Å². The molecule has 9 nitrogen and oxygen atoms in total. The van der Waals surface area contributed by atoms with Gasteiger partial charge in [-0.05, 0) is 29.8 Å². The van der Waals surface area contributed by atoms with Crippen LogP contribution in [0.2, 0.25) is 0 Å². The van der Waals surface area contributed by atoms with E-state index in [4.69, 9.17) is 0 Å². The van der Waals surface area contributed by atoms with Gasteiger partial charge in [0.1, 0.15) is 0 Å². The summed E-state index contributed by atoms with van der Waals surface area (Å²) >= 11 is 1.23. The topological polar surface area (TPSA) is 115 Å². The van der Waals surface area contributed by atoms with E-state index in [-0.39, 0.29) is 24.1 Å². The van der Waals surface area contributed by atoms with Gasteiger partial charge >= 0.3 is 5.97 Å². The van der Waals surface area contributed by atoms with E-state index in [1.165, 1.54) is 18.9 Å². The Morgan fingerprint density at radius 2 is 1.72 bits per heavy atom. The van der Waals surface area contributed by atoms with Gasteiger partial charge in [-0.2, -0.15) is 0 Å². The maximum absolute atomic E-state index is 12.2. The molecule has 0 spiro atoms. The number of aromatic nitrogens is 3. The van der Waals surface area contributed by atoms with E-state index in [0.717, 1.165) is 5.56 Å². The second-order valence-electron chi connectivity index (χ2n) is 6.80. The average molecular weight is 454 g/mol. The molecule has 3 rings (SSSR count). The number of hydrogen-bond acceptors (Lipinski definition) is 7. The van der Waals surface area contributed by atoms with Crippen molar-refractivity contribution in [3.8, 4) is 0 Å². The second-order valence-corrected chi connectivity index (χ2v) is 7.75. The van der Waals surface area contributed by atoms with Crippen LogP contribution in [0.1, 0.15) is 21.7 Å². The highest BCUT2D eigenvalue weighted by molar-refractivity contribution is 7.99. The summed E-state index contributed by atoms with van der Waals surface area (Å²) < 4.78 is 6.39. The predicted molar refractivity (Wildman–Crippen MR) is 120 cm³/mol. The zero-order valence-electron chi connectivity index (χ0n) is 17.7. The van der Waals surface area contributed by atoms with Crippen LogP contribution in [0.25, 0.3) is 0 Å². The average Bonchev–Trinajstić information content (AvgIpc) is 3.16. The number of nitrogens with zero attached hydrogens (tertiary/aromatic N) is 3. The van der Waals surface area contributed by atoms with Crippen LogP contribution in [0, 0.1) is 0 Å². The monoisotopic (exact) mass is 453 g/mol. The van der Waals surface area contributed by atoms with E-state index in [9.17, 15) is 14.4 Å². The van der Waals surface area contributed by atoms with Gasteiger partial charge in [0, 0.05) is 12.7 Å². The van der Waals surface area contributed by atoms with Crippen molar-refractivity contribution in [2.24, 2.45) is 7.05 Å². The summed E-state index contributed by atoms with van der Waals surface area (Å²) in [4.78, 5) is 35.8. The summed E-state index contributed by atoms with van der Waals surface area (Å²) in [5.74, 6) is -0.0431. The number of thioether (sulfide) groups is 1. The van der Waals surface area contributed by atoms with E-state index in [0.29, 0.717) is 28.7 Å². The maximum atomic E-state index is 12.2. The van der Waals surface area contributed by atoms with Crippen LogP contribution < -0.4 is 10.6 Å². The molecular formula is C22H23N5O4S. The number of esters is 1. The molecule has 0 radical (unpaired) electrons. The van der Waals surface area contributed by atoms with Crippen molar-refractivity contribution in [3.63, 3.8) is 0 Å². The molecule has 0 aliphatic heterocycles. The largest absolute Gasteiger partial charge is 0.465 e. The molecule has 0 saturated heterocycles. The summed E-state index contributed by atoms with van der Waals surface area (Å²) in [6, 6.07) is 15.9. The van der Waals surface area contributed by atoms with Gasteiger partial charge < -0.3 is 19.9 Å². The van der Waals surface area contributed by atoms with Crippen molar-refractivity contribution in [2.45, 2.75) is 18.1 Å². The normalized spacial score (nSPS) is 10.4. The lowest BCUT2D eigenvalue weighted by molar-refractivity contribution is -0.120. The zero-order valence-corrected chi connectivity index (χ0v) is 18.5. The van der Waals surface area contributed by atoms with Crippen LogP contribution in [0.15, 0.2) is 59.8 Å². The molecule has 0 bridgehead atoms. The van der Waals surface area contributed by atoms with Gasteiger partial charge in [0.2, 0.25) is 11.8 Å². The summed E-state index contributed by atoms with van der Waals surface area (Å²) in [5.41, 5.74) is 1.91. The molecule has 2 aromatic carbocycles. The Balaban J connectivity index is 1.46. The molecule has 0 unspecified atom stereocenters. The first-order valence-electron chi connectivity index (χ1n) is 9.76. The fourth-order valence-electron chi connectivity index (χ4n) is 2.78. The lowest BCUT2D eigenvalue weighted by Gasteiger charge is -2.07. The number of ether oxygens (including phenoxy) is 1. The third-order valence-corrected chi connectivity index (χ3v) is 5.52. The van der Waals surface area contributed by atoms with Crippen LogP contribution in [0.5, 0.6) is 0 Å². The molecule has 166 valence electrons. The Kier molecular flexibility index (Phi) is 7.98. The quantitative estimate of drug-likeness (QED) is 0.377. The minimum Gasteiger partial charge on any atom is -0.465 e. The molecule has 32 heavy (non-hydrogen) atoms. The van der Waals surface area contributed by atoms with Gasteiger partial charge in [-0.3, -0.25) is 9.59 Å². The summed E-state index contributed by atoms with van der Waals surface area (Å²) in [7, 11) is 3.09. The molecular weight excluding hydrogens is 430 g/mol. The maximum Gasteiger partial charge on any atom is 0.337 e. The number of benzene rings is 2. The van der Waals surface area contributed by atoms with Crippen LogP contribution in [0.4, 0.5) is 5.69 Å². The first-order chi connectivity index (χ1) is 15.5. The summed E-state index contributed by atoms with van der Waals surface area (Å²) in [5, 5.41) is 14.3. The molecule has 0 atom stereocenters. The Hall–Kier alpha value is -3.66. The van der Waals surface area contributed by atoms with Gasteiger partial charge in [-0.15, -0.1) is 10.2 Å². The van der Waals surface area contributed by atoms with Crippen LogP contribution in [0.3, 0.4) is 0 Å². The standard InChI is InChI=1S/C22H23N5O4S/c1-27-18(13-23-19(28)12-15-6-4-3-5-7-15)25-26-22(27)32-14-20(29)24-17-10-8-16(9-11-17)21(30)31-2/h3-11H,12-14H2,1-2H3,(H,23,28)(H,24,29). The summed E-state index contributed by atoms with van der Waals surface area (Å²) in [6.07, 6.45) is 0.293. The van der Waals surface area contributed by atoms with Crippen molar-refractivity contribution in [3.05, 3.63) is 71.5 Å². The molecule has 2 amide bonds. The van der Waals surface area contributed by atoms with Crippen molar-refractivity contribution < 1.29 is 19.1 Å². The first kappa shape index (κ1) is 23.0. The minimum atomic E-state index is -0.437. The highest BCUT2D eigenvalue weighted by Gasteiger charge is 2.13. The van der Waals surface area contributed by atoms with Crippen molar-refractivity contribution in [2.75, 3.05) is 18.2 Å². The van der Waals surface area contributed by atoms with Crippen molar-refractivity contribution in [1.82, 2.24) is 20.1 Å². The Labute approximate surface area is 189 Å². The minimum absolute atomic E-state index is 0.106. The van der Waals surface area contributed by atoms with Crippen molar-refractivity contribution in [1.29, 1.82) is 0 Å². The summed E-state index contributed by atoms with van der Waals surface area (Å²) in [6.45, 7) is 0.245. The van der Waals surface area contributed by atoms with Gasteiger partial charge in [-0.25, -0.2) is 4.79 Å². The van der Waals surface area contributed by atoms with Crippen molar-refractivity contribution >= 4 is 35.2 Å². The number of rotatable bonds is 9. The zero-order chi connectivity index (χ0) is 22.9. The van der Waals surface area contributed by atoms with E-state index < -0.39 is 5.97 Å². The molecule has 10 heteroatoms. The number of carbonyl (C=O) groups excluding carboxylic acids is 3. The third-order valence-electron chi connectivity index (χ3n) is 4.50. The molecule has 0 aliphatic rings. The predicted octanol–water partition coefficient (Wildman–Crippen LogP) is 2.19. The number of amides is 2. The van der Waals surface area contributed by atoms with Gasteiger partial charge in [0.05, 0.1) is 31.4 Å². The number of methoxy groups -OCH3 is 1. The number of carbonyl (C=O) groups is 3. The lowest BCUT2D eigenvalue weighted by Crippen LogP contribution is -2.26. The van der Waals surface area contributed by atoms with Crippen LogP contribution in [-0.4, -0.2) is 45.4 Å². The first-order valence-corrected chi connectivity index (χ1v) is 10.7. The number of hydrogen-bond donors (Lipinski definition) is 2. The third kappa shape index (κ3) is 6.42. The van der Waals surface area contributed by atoms with Gasteiger partial charge in [0.25, 0.3) is 0 Å². The fourth-order valence-corrected chi connectivity index (χ4v) is 3.51. The Bertz CT molecular complexity index is 1080. The number of nitrogens with one attached hydrogen (secondary N) is 2. The van der Waals surface area contributed by atoms with Crippen LogP contribution in [-0.2, 0) is 34.3 Å². The van der Waals surface area contributed by atoms with E-state index in [2.05, 4.69) is 25.6 Å². The van der Waals surface area contributed by atoms with E-state index in [1.54, 1.807) is 35.9 Å². The molecule has 2 N–H and O–H groups in total. The molecule has 3 aromatic rings. The smallest absolute Gasteiger partial charge is 0.337 e. The van der Waals surface area contributed by atoms with Gasteiger partial charge in [0.15, 0.2) is 11.0 Å². The molecule has 1 heterocycles. The second kappa shape index (κ2) is 11.1. The lowest BCUT2D eigenvalue weighted by atomic mass is 10.1. The number of anilines is 1. The molecule has 0 fully saturated rings. The van der Waals surface area contributed by atoms with Crippen LogP contribution >= 0.6 is 11.8 Å². The highest BCUT2D eigenvalue weighted by atomic mass is 32.2. The Morgan fingerprint density at radius 3 is 2.41 bits per heavy atom. The van der Waals surface area contributed by atoms with E-state index in [1.807, 2.05) is 30.3 Å². The highest BCUT2D eigenvalue weighted by Crippen LogP contribution is 2.17. The van der Waals surface area contributed by atoms with Gasteiger partial charge in [-0.1, -0.05) is 42.1 Å². The SMILES string of the molecule is COC(=O)c1ccc(NC(=O)CSc2nnc(CNC(=O)Cc3ccccc3)n2C)cc1. The fraction of sp³-hybridized carbons (Fsp3) is 0.227. The molecule has 0 aliphatic carbocycles. The molecule has 0 saturated carbocycles. The Morgan fingerprint density at radius 1 is 1.00 bits per heavy atom.